The van der Waals surface area contributed by atoms with Crippen LogP contribution in [-0.2, 0) is 14.8 Å². The molecule has 3 aromatic rings. The summed E-state index contributed by atoms with van der Waals surface area (Å²) in [5, 5.41) is 4.69. The van der Waals surface area contributed by atoms with Gasteiger partial charge in [0, 0.05) is 18.3 Å². The smallest absolute Gasteiger partial charge is 0.243 e. The lowest BCUT2D eigenvalue weighted by Crippen LogP contribution is -2.34. The van der Waals surface area contributed by atoms with Crippen LogP contribution in [-0.4, -0.2) is 32.2 Å². The molecule has 3 rings (SSSR count). The van der Waals surface area contributed by atoms with Crippen LogP contribution in [0, 0.1) is 18.8 Å². The highest BCUT2D eigenvalue weighted by molar-refractivity contribution is 7.89. The summed E-state index contributed by atoms with van der Waals surface area (Å²) in [7, 11) is -2.35. The van der Waals surface area contributed by atoms with Crippen LogP contribution in [0.5, 0.6) is 0 Å². The van der Waals surface area contributed by atoms with Gasteiger partial charge in [0.15, 0.2) is 0 Å². The van der Waals surface area contributed by atoms with Gasteiger partial charge in [-0.05, 0) is 48.7 Å². The van der Waals surface area contributed by atoms with E-state index in [0.29, 0.717) is 5.69 Å². The molecule has 5 nitrogen and oxygen atoms in total. The molecule has 2 aromatic carbocycles. The summed E-state index contributed by atoms with van der Waals surface area (Å²) in [5.41, 5.74) is 2.29. The SMILES string of the molecule is Cc1ccc(S(=O)(=O)N(C)CC(=O)Nc2cccc(C#Cc3cccs3)c2)cc1. The third-order valence-electron chi connectivity index (χ3n) is 4.09. The van der Waals surface area contributed by atoms with Gasteiger partial charge in [0.2, 0.25) is 15.9 Å². The number of sulfonamides is 1. The minimum absolute atomic E-state index is 0.157. The van der Waals surface area contributed by atoms with E-state index in [1.165, 1.54) is 19.2 Å². The number of hydrogen-bond donors (Lipinski definition) is 1. The van der Waals surface area contributed by atoms with Gasteiger partial charge in [0.1, 0.15) is 0 Å². The molecule has 0 aliphatic carbocycles. The molecule has 0 spiro atoms. The maximum Gasteiger partial charge on any atom is 0.243 e. The Hall–Kier alpha value is -2.92. The maximum absolute atomic E-state index is 12.6. The Morgan fingerprint density at radius 1 is 1.07 bits per heavy atom. The number of nitrogens with one attached hydrogen (secondary N) is 1. The molecule has 0 radical (unpaired) electrons. The highest BCUT2D eigenvalue weighted by Crippen LogP contribution is 2.16. The quantitative estimate of drug-likeness (QED) is 0.635. The molecule has 148 valence electrons. The summed E-state index contributed by atoms with van der Waals surface area (Å²) in [6, 6.07) is 17.5. The number of rotatable bonds is 5. The molecule has 0 atom stereocenters. The van der Waals surface area contributed by atoms with Gasteiger partial charge in [0.25, 0.3) is 0 Å². The number of carbonyl (C=O) groups excluding carboxylic acids is 1. The molecule has 0 saturated carbocycles. The number of aryl methyl sites for hydroxylation is 1. The molecule has 1 amide bonds. The normalized spacial score (nSPS) is 11.0. The van der Waals surface area contributed by atoms with E-state index >= 15 is 0 Å². The fraction of sp³-hybridized carbons (Fsp3) is 0.136. The number of thiophene rings is 1. The molecule has 0 aliphatic rings. The van der Waals surface area contributed by atoms with Gasteiger partial charge >= 0.3 is 0 Å². The van der Waals surface area contributed by atoms with Crippen molar-refractivity contribution in [1.29, 1.82) is 0 Å². The van der Waals surface area contributed by atoms with Crippen LogP contribution >= 0.6 is 11.3 Å². The van der Waals surface area contributed by atoms with Gasteiger partial charge in [-0.3, -0.25) is 4.79 Å². The molecule has 1 heterocycles. The molecule has 0 saturated heterocycles. The fourth-order valence-corrected chi connectivity index (χ4v) is 4.23. The highest BCUT2D eigenvalue weighted by atomic mass is 32.2. The van der Waals surface area contributed by atoms with Crippen molar-refractivity contribution in [3.63, 3.8) is 0 Å². The van der Waals surface area contributed by atoms with Gasteiger partial charge in [-0.1, -0.05) is 41.7 Å². The van der Waals surface area contributed by atoms with Crippen LogP contribution in [0.3, 0.4) is 0 Å². The second-order valence-electron chi connectivity index (χ2n) is 6.43. The molecule has 0 bridgehead atoms. The Labute approximate surface area is 175 Å². The number of hydrogen-bond acceptors (Lipinski definition) is 4. The lowest BCUT2D eigenvalue weighted by molar-refractivity contribution is -0.116. The second-order valence-corrected chi connectivity index (χ2v) is 9.42. The molecule has 0 aliphatic heterocycles. The van der Waals surface area contributed by atoms with E-state index in [4.69, 9.17) is 0 Å². The number of amides is 1. The molecule has 0 fully saturated rings. The molecule has 1 N–H and O–H groups in total. The average Bonchev–Trinajstić information content (AvgIpc) is 3.20. The van der Waals surface area contributed by atoms with Crippen molar-refractivity contribution in [2.75, 3.05) is 18.9 Å². The summed E-state index contributed by atoms with van der Waals surface area (Å²) in [5.74, 6) is 5.69. The summed E-state index contributed by atoms with van der Waals surface area (Å²) in [6.45, 7) is 1.59. The molecule has 7 heteroatoms. The number of carbonyl (C=O) groups is 1. The zero-order chi connectivity index (χ0) is 20.9. The van der Waals surface area contributed by atoms with Crippen molar-refractivity contribution >= 4 is 33.0 Å². The van der Waals surface area contributed by atoms with Gasteiger partial charge < -0.3 is 5.32 Å². The Morgan fingerprint density at radius 3 is 2.52 bits per heavy atom. The fourth-order valence-electron chi connectivity index (χ4n) is 2.54. The third-order valence-corrected chi connectivity index (χ3v) is 6.70. The van der Waals surface area contributed by atoms with E-state index in [0.717, 1.165) is 20.3 Å². The highest BCUT2D eigenvalue weighted by Gasteiger charge is 2.22. The standard InChI is InChI=1S/C22H20N2O3S2/c1-17-8-12-21(13-9-17)29(26,27)24(2)16-22(25)23-19-6-3-5-18(15-19)10-11-20-7-4-14-28-20/h3-9,12-15H,16H2,1-2H3,(H,23,25). The van der Waals surface area contributed by atoms with Gasteiger partial charge in [-0.15, -0.1) is 11.3 Å². The maximum atomic E-state index is 12.6. The summed E-state index contributed by atoms with van der Waals surface area (Å²) >= 11 is 1.56. The molecule has 0 unspecified atom stereocenters. The zero-order valence-electron chi connectivity index (χ0n) is 16.0. The van der Waals surface area contributed by atoms with Gasteiger partial charge in [-0.2, -0.15) is 4.31 Å². The van der Waals surface area contributed by atoms with Crippen LogP contribution in [0.15, 0.2) is 70.9 Å². The van der Waals surface area contributed by atoms with Crippen LogP contribution in [0.4, 0.5) is 5.69 Å². The molecular weight excluding hydrogens is 404 g/mol. The van der Waals surface area contributed by atoms with Crippen molar-refractivity contribution in [2.24, 2.45) is 0 Å². The van der Waals surface area contributed by atoms with Crippen molar-refractivity contribution in [3.8, 4) is 11.8 Å². The number of anilines is 1. The van der Waals surface area contributed by atoms with E-state index in [2.05, 4.69) is 17.2 Å². The monoisotopic (exact) mass is 424 g/mol. The first-order valence-electron chi connectivity index (χ1n) is 8.83. The molecular formula is C22H20N2O3S2. The summed E-state index contributed by atoms with van der Waals surface area (Å²) in [6.07, 6.45) is 0. The van der Waals surface area contributed by atoms with E-state index in [9.17, 15) is 13.2 Å². The first kappa shape index (κ1) is 20.8. The number of benzene rings is 2. The van der Waals surface area contributed by atoms with Crippen LogP contribution in [0.25, 0.3) is 0 Å². The van der Waals surface area contributed by atoms with Crippen LogP contribution in [0.1, 0.15) is 16.0 Å². The van der Waals surface area contributed by atoms with Crippen molar-refractivity contribution in [2.45, 2.75) is 11.8 Å². The van der Waals surface area contributed by atoms with Gasteiger partial charge in [0.05, 0.1) is 16.3 Å². The van der Waals surface area contributed by atoms with Crippen LogP contribution in [0.2, 0.25) is 0 Å². The number of likely N-dealkylation sites (N-methyl/N-ethyl adjacent to an activating group) is 1. The predicted octanol–water partition coefficient (Wildman–Crippen LogP) is 3.72. The van der Waals surface area contributed by atoms with E-state index in [-0.39, 0.29) is 11.4 Å². The minimum Gasteiger partial charge on any atom is -0.325 e. The topological polar surface area (TPSA) is 66.5 Å². The molecule has 29 heavy (non-hydrogen) atoms. The van der Waals surface area contributed by atoms with E-state index in [1.807, 2.05) is 30.5 Å². The largest absolute Gasteiger partial charge is 0.325 e. The Bertz CT molecular complexity index is 1160. The Morgan fingerprint density at radius 2 is 1.83 bits per heavy atom. The average molecular weight is 425 g/mol. The summed E-state index contributed by atoms with van der Waals surface area (Å²) < 4.78 is 26.3. The first-order chi connectivity index (χ1) is 13.8. The minimum atomic E-state index is -3.73. The van der Waals surface area contributed by atoms with E-state index in [1.54, 1.807) is 41.7 Å². The third kappa shape index (κ3) is 5.55. The molecule has 1 aromatic heterocycles. The van der Waals surface area contributed by atoms with Crippen LogP contribution < -0.4 is 5.32 Å². The van der Waals surface area contributed by atoms with E-state index < -0.39 is 15.9 Å². The van der Waals surface area contributed by atoms with Crippen molar-refractivity contribution in [1.82, 2.24) is 4.31 Å². The number of nitrogens with zero attached hydrogens (tertiary/aromatic N) is 1. The zero-order valence-corrected chi connectivity index (χ0v) is 17.7. The Balaban J connectivity index is 1.66. The lowest BCUT2D eigenvalue weighted by atomic mass is 10.2. The summed E-state index contributed by atoms with van der Waals surface area (Å²) in [4.78, 5) is 13.5. The Kier molecular flexibility index (Phi) is 6.49. The second kappa shape index (κ2) is 9.05. The van der Waals surface area contributed by atoms with Gasteiger partial charge in [-0.25, -0.2) is 8.42 Å². The van der Waals surface area contributed by atoms with Crippen molar-refractivity contribution in [3.05, 3.63) is 82.0 Å². The first-order valence-corrected chi connectivity index (χ1v) is 11.1. The lowest BCUT2D eigenvalue weighted by Gasteiger charge is -2.17. The predicted molar refractivity (Wildman–Crippen MR) is 116 cm³/mol. The van der Waals surface area contributed by atoms with Crippen molar-refractivity contribution < 1.29 is 13.2 Å².